The maximum absolute atomic E-state index is 12.1. The number of aryl methyl sites for hydroxylation is 2. The van der Waals surface area contributed by atoms with E-state index >= 15 is 0 Å². The summed E-state index contributed by atoms with van der Waals surface area (Å²) in [5.41, 5.74) is 6.11. The number of methoxy groups -OCH3 is 1. The number of benzene rings is 2. The molecule has 0 atom stereocenters. The number of carbonyl (C=O) groups is 2. The minimum atomic E-state index is -0.638. The van der Waals surface area contributed by atoms with Crippen LogP contribution in [0.3, 0.4) is 0 Å². The van der Waals surface area contributed by atoms with Crippen LogP contribution in [0.25, 0.3) is 0 Å². The number of esters is 1. The van der Waals surface area contributed by atoms with E-state index in [0.717, 1.165) is 16.7 Å². The third-order valence-corrected chi connectivity index (χ3v) is 4.74. The first kappa shape index (κ1) is 22.6. The summed E-state index contributed by atoms with van der Waals surface area (Å²) in [6.45, 7) is 5.72. The molecule has 0 saturated carbocycles. The Balaban J connectivity index is 1.57. The number of amides is 1. The van der Waals surface area contributed by atoms with Crippen LogP contribution in [0.4, 0.5) is 0 Å². The lowest BCUT2D eigenvalue weighted by atomic mass is 10.1. The second-order valence-electron chi connectivity index (χ2n) is 7.01. The summed E-state index contributed by atoms with van der Waals surface area (Å²) in [5, 5.41) is 3.94. The van der Waals surface area contributed by atoms with Gasteiger partial charge in [0.2, 0.25) is 5.76 Å². The molecule has 0 bridgehead atoms. The van der Waals surface area contributed by atoms with Crippen LogP contribution in [0.5, 0.6) is 17.2 Å². The van der Waals surface area contributed by atoms with Gasteiger partial charge in [-0.05, 0) is 73.4 Å². The number of carbonyl (C=O) groups excluding carboxylic acids is 2. The van der Waals surface area contributed by atoms with Gasteiger partial charge in [-0.2, -0.15) is 5.10 Å². The molecule has 1 aromatic heterocycles. The fourth-order valence-electron chi connectivity index (χ4n) is 2.89. The van der Waals surface area contributed by atoms with E-state index in [4.69, 9.17) is 18.6 Å². The maximum Gasteiger partial charge on any atom is 0.379 e. The van der Waals surface area contributed by atoms with Crippen LogP contribution in [0.2, 0.25) is 0 Å². The first-order chi connectivity index (χ1) is 15.4. The highest BCUT2D eigenvalue weighted by atomic mass is 16.6. The van der Waals surface area contributed by atoms with Gasteiger partial charge in [-0.25, -0.2) is 10.2 Å². The Morgan fingerprint density at radius 3 is 2.56 bits per heavy atom. The summed E-state index contributed by atoms with van der Waals surface area (Å²) in [5.74, 6) is 0.312. The van der Waals surface area contributed by atoms with Gasteiger partial charge in [0, 0.05) is 0 Å². The van der Waals surface area contributed by atoms with Crippen molar-refractivity contribution >= 4 is 18.1 Å². The molecule has 8 heteroatoms. The van der Waals surface area contributed by atoms with Crippen molar-refractivity contribution in [1.82, 2.24) is 5.43 Å². The monoisotopic (exact) mass is 436 g/mol. The van der Waals surface area contributed by atoms with E-state index < -0.39 is 11.9 Å². The largest absolute Gasteiger partial charge is 0.493 e. The van der Waals surface area contributed by atoms with E-state index in [2.05, 4.69) is 10.5 Å². The molecule has 0 unspecified atom stereocenters. The fraction of sp³-hybridized carbons (Fsp3) is 0.208. The first-order valence-electron chi connectivity index (χ1n) is 9.84. The van der Waals surface area contributed by atoms with E-state index in [0.29, 0.717) is 17.1 Å². The molecule has 32 heavy (non-hydrogen) atoms. The van der Waals surface area contributed by atoms with Gasteiger partial charge in [-0.1, -0.05) is 12.1 Å². The van der Waals surface area contributed by atoms with Crippen LogP contribution in [0.1, 0.15) is 32.8 Å². The van der Waals surface area contributed by atoms with Crippen LogP contribution < -0.4 is 19.6 Å². The lowest BCUT2D eigenvalue weighted by Gasteiger charge is -2.13. The minimum absolute atomic E-state index is 0.0821. The van der Waals surface area contributed by atoms with E-state index in [-0.39, 0.29) is 18.1 Å². The van der Waals surface area contributed by atoms with Crippen LogP contribution in [0.15, 0.2) is 58.2 Å². The van der Waals surface area contributed by atoms with Crippen molar-refractivity contribution in [2.45, 2.75) is 20.8 Å². The number of nitrogens with zero attached hydrogens (tertiary/aromatic N) is 1. The zero-order valence-electron chi connectivity index (χ0n) is 18.3. The number of ether oxygens (including phenoxy) is 3. The van der Waals surface area contributed by atoms with E-state index in [9.17, 15) is 9.59 Å². The molecule has 1 N–H and O–H groups in total. The predicted octanol–water partition coefficient (Wildman–Crippen LogP) is 3.96. The molecule has 0 spiro atoms. The van der Waals surface area contributed by atoms with Gasteiger partial charge >= 0.3 is 5.97 Å². The molecule has 1 amide bonds. The number of hydrogen-bond donors (Lipinski definition) is 1. The first-order valence-corrected chi connectivity index (χ1v) is 9.84. The molecule has 3 rings (SSSR count). The topological polar surface area (TPSA) is 99.4 Å². The van der Waals surface area contributed by atoms with Crippen molar-refractivity contribution in [3.05, 3.63) is 76.7 Å². The van der Waals surface area contributed by atoms with Crippen LogP contribution in [-0.2, 0) is 4.79 Å². The number of nitrogens with one attached hydrogen (secondary N) is 1. The van der Waals surface area contributed by atoms with Crippen LogP contribution in [0, 0.1) is 20.8 Å². The molecule has 0 radical (unpaired) electrons. The average molecular weight is 436 g/mol. The minimum Gasteiger partial charge on any atom is -0.493 e. The normalized spacial score (nSPS) is 10.8. The second kappa shape index (κ2) is 10.3. The Bertz CT molecular complexity index is 1140. The molecule has 0 aliphatic carbocycles. The maximum atomic E-state index is 12.1. The Hall–Kier alpha value is -4.07. The molecule has 166 valence electrons. The summed E-state index contributed by atoms with van der Waals surface area (Å²) >= 11 is 0. The van der Waals surface area contributed by atoms with Crippen LogP contribution >= 0.6 is 0 Å². The van der Waals surface area contributed by atoms with Gasteiger partial charge in [-0.15, -0.1) is 0 Å². The number of rotatable bonds is 8. The third-order valence-electron chi connectivity index (χ3n) is 4.74. The molecule has 3 aromatic rings. The molecule has 0 saturated heterocycles. The van der Waals surface area contributed by atoms with Crippen molar-refractivity contribution in [3.8, 4) is 17.2 Å². The van der Waals surface area contributed by atoms with Gasteiger partial charge in [0.05, 0.1) is 19.6 Å². The Morgan fingerprint density at radius 2 is 1.84 bits per heavy atom. The van der Waals surface area contributed by atoms with Crippen molar-refractivity contribution in [3.63, 3.8) is 0 Å². The second-order valence-corrected chi connectivity index (χ2v) is 7.01. The molecular formula is C24H24N2O6. The van der Waals surface area contributed by atoms with Crippen LogP contribution in [-0.4, -0.2) is 31.8 Å². The number of hydrazone groups is 1. The lowest BCUT2D eigenvalue weighted by Crippen LogP contribution is -2.25. The van der Waals surface area contributed by atoms with E-state index in [1.807, 2.05) is 32.9 Å². The van der Waals surface area contributed by atoms with Crippen molar-refractivity contribution < 1.29 is 28.2 Å². The Labute approximate surface area is 185 Å². The highest BCUT2D eigenvalue weighted by Gasteiger charge is 2.15. The highest BCUT2D eigenvalue weighted by molar-refractivity contribution is 5.89. The molecule has 0 fully saturated rings. The lowest BCUT2D eigenvalue weighted by molar-refractivity contribution is -0.123. The van der Waals surface area contributed by atoms with Crippen molar-refractivity contribution in [1.29, 1.82) is 0 Å². The van der Waals surface area contributed by atoms with Gasteiger partial charge in [0.25, 0.3) is 5.91 Å². The average Bonchev–Trinajstić information content (AvgIpc) is 3.32. The highest BCUT2D eigenvalue weighted by Crippen LogP contribution is 2.28. The summed E-state index contributed by atoms with van der Waals surface area (Å²) < 4.78 is 21.3. The quantitative estimate of drug-likeness (QED) is 0.248. The summed E-state index contributed by atoms with van der Waals surface area (Å²) in [6, 6.07) is 11.9. The predicted molar refractivity (Wildman–Crippen MR) is 119 cm³/mol. The molecule has 0 aliphatic heterocycles. The SMILES string of the molecule is COc1cc(/C=N/NC(=O)COc2c(C)ccc(C)c2C)ccc1OC(=O)c1ccco1. The summed E-state index contributed by atoms with van der Waals surface area (Å²) in [4.78, 5) is 24.1. The molecule has 2 aromatic carbocycles. The Kier molecular flexibility index (Phi) is 7.28. The van der Waals surface area contributed by atoms with Gasteiger partial charge in [0.1, 0.15) is 5.75 Å². The van der Waals surface area contributed by atoms with Crippen molar-refractivity contribution in [2.75, 3.05) is 13.7 Å². The zero-order chi connectivity index (χ0) is 23.1. The van der Waals surface area contributed by atoms with Gasteiger partial charge < -0.3 is 18.6 Å². The van der Waals surface area contributed by atoms with Gasteiger partial charge in [-0.3, -0.25) is 4.79 Å². The number of furan rings is 1. The molecule has 0 aliphatic rings. The molecule has 8 nitrogen and oxygen atoms in total. The third kappa shape index (κ3) is 5.54. The summed E-state index contributed by atoms with van der Waals surface area (Å²) in [7, 11) is 1.45. The van der Waals surface area contributed by atoms with Crippen molar-refractivity contribution in [2.24, 2.45) is 5.10 Å². The smallest absolute Gasteiger partial charge is 0.379 e. The number of hydrogen-bond acceptors (Lipinski definition) is 7. The fourth-order valence-corrected chi connectivity index (χ4v) is 2.89. The van der Waals surface area contributed by atoms with Gasteiger partial charge in [0.15, 0.2) is 18.1 Å². The standard InChI is InChI=1S/C24H24N2O6/c1-15-7-8-16(2)23(17(15)3)31-14-22(27)26-25-13-18-9-10-19(21(12-18)29-4)32-24(28)20-6-5-11-30-20/h5-13H,14H2,1-4H3,(H,26,27)/b25-13+. The molecule has 1 heterocycles. The zero-order valence-corrected chi connectivity index (χ0v) is 18.3. The molecular weight excluding hydrogens is 412 g/mol. The van der Waals surface area contributed by atoms with E-state index in [1.165, 1.54) is 25.7 Å². The van der Waals surface area contributed by atoms with E-state index in [1.54, 1.807) is 24.3 Å². The summed E-state index contributed by atoms with van der Waals surface area (Å²) in [6.07, 6.45) is 2.83. The Morgan fingerprint density at radius 1 is 1.06 bits per heavy atom.